The van der Waals surface area contributed by atoms with Crippen molar-refractivity contribution >= 4 is 5.97 Å². The van der Waals surface area contributed by atoms with Gasteiger partial charge in [0.25, 0.3) is 0 Å². The van der Waals surface area contributed by atoms with Gasteiger partial charge >= 0.3 is 5.97 Å². The third-order valence-corrected chi connectivity index (χ3v) is 3.91. The van der Waals surface area contributed by atoms with E-state index in [2.05, 4.69) is 18.7 Å². The standard InChI is InChI=1S/C12H21NO2/c1-9(2)6-10(11(14)15)13-7-12(8-13)4-3-5-12/h9-10H,3-8H2,1-2H3,(H,14,15). The van der Waals surface area contributed by atoms with Gasteiger partial charge in [0.2, 0.25) is 0 Å². The zero-order valence-corrected chi connectivity index (χ0v) is 9.70. The van der Waals surface area contributed by atoms with Crippen molar-refractivity contribution in [1.29, 1.82) is 0 Å². The van der Waals surface area contributed by atoms with E-state index in [1.165, 1.54) is 19.3 Å². The summed E-state index contributed by atoms with van der Waals surface area (Å²) in [6.45, 7) is 6.23. The Morgan fingerprint density at radius 1 is 1.40 bits per heavy atom. The molecule has 86 valence electrons. The lowest BCUT2D eigenvalue weighted by Crippen LogP contribution is -2.64. The van der Waals surface area contributed by atoms with E-state index in [0.717, 1.165) is 19.5 Å². The van der Waals surface area contributed by atoms with Crippen LogP contribution in [0.25, 0.3) is 0 Å². The topological polar surface area (TPSA) is 40.5 Å². The van der Waals surface area contributed by atoms with Crippen LogP contribution in [0.4, 0.5) is 0 Å². The summed E-state index contributed by atoms with van der Waals surface area (Å²) < 4.78 is 0. The molecule has 2 aliphatic rings. The maximum absolute atomic E-state index is 11.1. The van der Waals surface area contributed by atoms with E-state index in [-0.39, 0.29) is 6.04 Å². The normalized spacial score (nSPS) is 26.1. The Morgan fingerprint density at radius 2 is 2.00 bits per heavy atom. The average Bonchev–Trinajstić information content (AvgIpc) is 1.95. The van der Waals surface area contributed by atoms with Crippen molar-refractivity contribution in [3.8, 4) is 0 Å². The summed E-state index contributed by atoms with van der Waals surface area (Å²) >= 11 is 0. The summed E-state index contributed by atoms with van der Waals surface area (Å²) in [5.41, 5.74) is 0.532. The van der Waals surface area contributed by atoms with Crippen LogP contribution in [0.3, 0.4) is 0 Å². The van der Waals surface area contributed by atoms with Crippen molar-refractivity contribution in [3.05, 3.63) is 0 Å². The number of carboxylic acids is 1. The number of nitrogens with zero attached hydrogens (tertiary/aromatic N) is 1. The van der Waals surface area contributed by atoms with Crippen LogP contribution in [0.2, 0.25) is 0 Å². The molecular formula is C12H21NO2. The van der Waals surface area contributed by atoms with E-state index in [4.69, 9.17) is 0 Å². The van der Waals surface area contributed by atoms with Gasteiger partial charge in [0.15, 0.2) is 0 Å². The predicted molar refractivity (Wildman–Crippen MR) is 58.7 cm³/mol. The molecule has 1 saturated carbocycles. The Balaban J connectivity index is 1.87. The zero-order chi connectivity index (χ0) is 11.1. The van der Waals surface area contributed by atoms with Crippen LogP contribution in [0.15, 0.2) is 0 Å². The quantitative estimate of drug-likeness (QED) is 0.773. The van der Waals surface area contributed by atoms with Gasteiger partial charge in [0.05, 0.1) is 0 Å². The molecule has 1 unspecified atom stereocenters. The van der Waals surface area contributed by atoms with Crippen LogP contribution in [0.1, 0.15) is 39.5 Å². The highest BCUT2D eigenvalue weighted by Gasteiger charge is 2.50. The van der Waals surface area contributed by atoms with Gasteiger partial charge in [-0.3, -0.25) is 9.69 Å². The van der Waals surface area contributed by atoms with Crippen LogP contribution in [0, 0.1) is 11.3 Å². The van der Waals surface area contributed by atoms with Crippen LogP contribution < -0.4 is 0 Å². The Bertz CT molecular complexity index is 250. The fourth-order valence-corrected chi connectivity index (χ4v) is 2.88. The summed E-state index contributed by atoms with van der Waals surface area (Å²) in [6, 6.07) is -0.240. The Morgan fingerprint density at radius 3 is 2.33 bits per heavy atom. The van der Waals surface area contributed by atoms with E-state index in [0.29, 0.717) is 11.3 Å². The maximum Gasteiger partial charge on any atom is 0.320 e. The first-order chi connectivity index (χ1) is 7.02. The predicted octanol–water partition coefficient (Wildman–Crippen LogP) is 1.97. The zero-order valence-electron chi connectivity index (χ0n) is 9.70. The summed E-state index contributed by atoms with van der Waals surface area (Å²) in [5, 5.41) is 9.18. The minimum absolute atomic E-state index is 0.240. The van der Waals surface area contributed by atoms with Crippen LogP contribution in [0.5, 0.6) is 0 Å². The molecule has 1 atom stereocenters. The summed E-state index contributed by atoms with van der Waals surface area (Å²) in [5.74, 6) is -0.179. The van der Waals surface area contributed by atoms with Gasteiger partial charge < -0.3 is 5.11 Å². The van der Waals surface area contributed by atoms with Crippen molar-refractivity contribution in [1.82, 2.24) is 4.90 Å². The highest BCUT2D eigenvalue weighted by atomic mass is 16.4. The maximum atomic E-state index is 11.1. The van der Waals surface area contributed by atoms with Gasteiger partial charge in [-0.25, -0.2) is 0 Å². The van der Waals surface area contributed by atoms with Crippen molar-refractivity contribution in [2.45, 2.75) is 45.6 Å². The van der Waals surface area contributed by atoms with Crippen LogP contribution in [-0.2, 0) is 4.79 Å². The molecule has 0 amide bonds. The van der Waals surface area contributed by atoms with Gasteiger partial charge in [0.1, 0.15) is 6.04 Å². The highest BCUT2D eigenvalue weighted by Crippen LogP contribution is 2.49. The van der Waals surface area contributed by atoms with E-state index in [9.17, 15) is 9.90 Å². The second kappa shape index (κ2) is 3.78. The van der Waals surface area contributed by atoms with Crippen molar-refractivity contribution in [3.63, 3.8) is 0 Å². The molecular weight excluding hydrogens is 190 g/mol. The molecule has 3 nitrogen and oxygen atoms in total. The Labute approximate surface area is 91.5 Å². The molecule has 0 aromatic carbocycles. The molecule has 1 N–H and O–H groups in total. The number of likely N-dealkylation sites (tertiary alicyclic amines) is 1. The molecule has 0 aromatic rings. The van der Waals surface area contributed by atoms with Gasteiger partial charge in [-0.2, -0.15) is 0 Å². The number of carbonyl (C=O) groups is 1. The molecule has 0 aromatic heterocycles. The number of carboxylic acid groups (broad SMARTS) is 1. The van der Waals surface area contributed by atoms with Crippen LogP contribution in [-0.4, -0.2) is 35.1 Å². The lowest BCUT2D eigenvalue weighted by Gasteiger charge is -2.57. The minimum Gasteiger partial charge on any atom is -0.480 e. The van der Waals surface area contributed by atoms with E-state index in [1.807, 2.05) is 0 Å². The highest BCUT2D eigenvalue weighted by molar-refractivity contribution is 5.73. The summed E-state index contributed by atoms with van der Waals surface area (Å²) in [4.78, 5) is 13.3. The number of hydrogen-bond acceptors (Lipinski definition) is 2. The molecule has 1 saturated heterocycles. The lowest BCUT2D eigenvalue weighted by molar-refractivity contribution is -0.155. The first-order valence-electron chi connectivity index (χ1n) is 5.99. The van der Waals surface area contributed by atoms with E-state index >= 15 is 0 Å². The monoisotopic (exact) mass is 211 g/mol. The average molecular weight is 211 g/mol. The van der Waals surface area contributed by atoms with Gasteiger partial charge in [0, 0.05) is 13.1 Å². The molecule has 0 radical (unpaired) electrons. The first kappa shape index (κ1) is 10.9. The second-order valence-electron chi connectivity index (χ2n) is 5.74. The number of rotatable bonds is 4. The fourth-order valence-electron chi connectivity index (χ4n) is 2.88. The van der Waals surface area contributed by atoms with Crippen molar-refractivity contribution < 1.29 is 9.90 Å². The van der Waals surface area contributed by atoms with Gasteiger partial charge in [-0.05, 0) is 30.6 Å². The molecule has 1 aliphatic carbocycles. The molecule has 1 heterocycles. The Kier molecular flexibility index (Phi) is 2.75. The second-order valence-corrected chi connectivity index (χ2v) is 5.74. The molecule has 15 heavy (non-hydrogen) atoms. The van der Waals surface area contributed by atoms with E-state index in [1.54, 1.807) is 0 Å². The summed E-state index contributed by atoms with van der Waals surface area (Å²) in [7, 11) is 0. The molecule has 3 heteroatoms. The van der Waals surface area contributed by atoms with Crippen LogP contribution >= 0.6 is 0 Å². The third-order valence-electron chi connectivity index (χ3n) is 3.91. The summed E-state index contributed by atoms with van der Waals surface area (Å²) in [6.07, 6.45) is 4.76. The molecule has 2 fully saturated rings. The Hall–Kier alpha value is -0.570. The largest absolute Gasteiger partial charge is 0.480 e. The van der Waals surface area contributed by atoms with Gasteiger partial charge in [-0.15, -0.1) is 0 Å². The van der Waals surface area contributed by atoms with Gasteiger partial charge in [-0.1, -0.05) is 20.3 Å². The SMILES string of the molecule is CC(C)CC(C(=O)O)N1CC2(CCC2)C1. The minimum atomic E-state index is -0.641. The smallest absolute Gasteiger partial charge is 0.320 e. The fraction of sp³-hybridized carbons (Fsp3) is 0.917. The van der Waals surface area contributed by atoms with Crippen molar-refractivity contribution in [2.24, 2.45) is 11.3 Å². The first-order valence-corrected chi connectivity index (χ1v) is 5.99. The lowest BCUT2D eigenvalue weighted by atomic mass is 9.63. The van der Waals surface area contributed by atoms with E-state index < -0.39 is 5.97 Å². The number of aliphatic carboxylic acids is 1. The molecule has 0 bridgehead atoms. The molecule has 1 spiro atoms. The number of hydrogen-bond donors (Lipinski definition) is 1. The molecule has 2 rings (SSSR count). The molecule has 1 aliphatic heterocycles. The van der Waals surface area contributed by atoms with Crippen molar-refractivity contribution in [2.75, 3.05) is 13.1 Å². The third kappa shape index (κ3) is 2.03.